The van der Waals surface area contributed by atoms with Crippen LogP contribution in [-0.2, 0) is 12.0 Å². The number of alkyl halides is 2. The maximum Gasteiger partial charge on any atom is 0.248 e. The summed E-state index contributed by atoms with van der Waals surface area (Å²) in [7, 11) is 1.89. The smallest absolute Gasteiger partial charge is 0.248 e. The van der Waals surface area contributed by atoms with Crippen molar-refractivity contribution in [1.82, 2.24) is 9.55 Å². The highest BCUT2D eigenvalue weighted by Crippen LogP contribution is 2.38. The van der Waals surface area contributed by atoms with Gasteiger partial charge >= 0.3 is 0 Å². The van der Waals surface area contributed by atoms with Crippen molar-refractivity contribution in [1.29, 1.82) is 0 Å². The fraction of sp³-hybridized carbons (Fsp3) is 0.632. The first-order valence-electron chi connectivity index (χ1n) is 8.76. The lowest BCUT2D eigenvalue weighted by atomic mass is 9.86. The van der Waals surface area contributed by atoms with E-state index in [2.05, 4.69) is 42.8 Å². The summed E-state index contributed by atoms with van der Waals surface area (Å²) in [6.45, 7) is 7.23. The molecule has 0 aliphatic heterocycles. The molecular weight excluding hydrogens is 308 g/mol. The Morgan fingerprint density at radius 2 is 1.92 bits per heavy atom. The summed E-state index contributed by atoms with van der Waals surface area (Å²) in [4.78, 5) is 4.86. The normalized spacial score (nSPS) is 18.9. The number of fused-ring (bicyclic) bond motifs is 1. The highest BCUT2D eigenvalue weighted by molar-refractivity contribution is 5.80. The van der Waals surface area contributed by atoms with Crippen LogP contribution in [0.5, 0.6) is 0 Å². The second-order valence-electron chi connectivity index (χ2n) is 8.05. The predicted octanol–water partition coefficient (Wildman–Crippen LogP) is 5.20. The summed E-state index contributed by atoms with van der Waals surface area (Å²) in [5.41, 5.74) is 3.01. The van der Waals surface area contributed by atoms with Crippen molar-refractivity contribution in [3.8, 4) is 0 Å². The molecule has 2 aromatic rings. The highest BCUT2D eigenvalue weighted by atomic mass is 19.3. The number of halogens is 2. The molecule has 0 saturated heterocycles. The van der Waals surface area contributed by atoms with Gasteiger partial charge in [0.25, 0.3) is 0 Å². The molecule has 0 amide bonds. The molecule has 1 heterocycles. The molecule has 24 heavy (non-hydrogen) atoms. The van der Waals surface area contributed by atoms with E-state index in [0.717, 1.165) is 29.1 Å². The van der Waals surface area contributed by atoms with Crippen molar-refractivity contribution in [2.24, 2.45) is 5.92 Å². The number of hydrogen-bond acceptors (Lipinski definition) is 2. The van der Waals surface area contributed by atoms with Crippen molar-refractivity contribution in [3.05, 3.63) is 24.0 Å². The summed E-state index contributed by atoms with van der Waals surface area (Å²) in [5, 5.41) is 3.14. The molecule has 1 aliphatic carbocycles. The van der Waals surface area contributed by atoms with E-state index < -0.39 is 5.92 Å². The van der Waals surface area contributed by atoms with Gasteiger partial charge in [-0.3, -0.25) is 0 Å². The molecule has 0 atom stereocenters. The fourth-order valence-electron chi connectivity index (χ4n) is 3.58. The van der Waals surface area contributed by atoms with Crippen molar-refractivity contribution in [2.45, 2.75) is 64.3 Å². The average molecular weight is 335 g/mol. The molecule has 1 aliphatic rings. The molecule has 1 N–H and O–H groups in total. The second-order valence-corrected chi connectivity index (χ2v) is 8.05. The number of rotatable bonds is 3. The molecule has 1 fully saturated rings. The van der Waals surface area contributed by atoms with E-state index in [9.17, 15) is 8.78 Å². The first-order valence-corrected chi connectivity index (χ1v) is 8.76. The van der Waals surface area contributed by atoms with Crippen LogP contribution in [0.2, 0.25) is 0 Å². The zero-order valence-electron chi connectivity index (χ0n) is 15.0. The molecular formula is C19H27F2N3. The molecule has 5 heteroatoms. The first-order chi connectivity index (χ1) is 11.2. The van der Waals surface area contributed by atoms with E-state index in [1.165, 1.54) is 0 Å². The van der Waals surface area contributed by atoms with Gasteiger partial charge in [-0.1, -0.05) is 20.8 Å². The van der Waals surface area contributed by atoms with E-state index >= 15 is 0 Å². The van der Waals surface area contributed by atoms with Crippen molar-refractivity contribution >= 4 is 16.7 Å². The SMILES string of the molecule is CNc1ccc2c(c1)nc(C(C)(C)C)n2CC1CCC(F)(F)CC1. The van der Waals surface area contributed by atoms with Crippen LogP contribution in [0.1, 0.15) is 52.3 Å². The van der Waals surface area contributed by atoms with Gasteiger partial charge in [-0.2, -0.15) is 0 Å². The lowest BCUT2D eigenvalue weighted by Crippen LogP contribution is -2.28. The Bertz CT molecular complexity index is 718. The van der Waals surface area contributed by atoms with Gasteiger partial charge in [-0.15, -0.1) is 0 Å². The molecule has 3 nitrogen and oxygen atoms in total. The number of benzene rings is 1. The van der Waals surface area contributed by atoms with Gasteiger partial charge < -0.3 is 9.88 Å². The van der Waals surface area contributed by atoms with Crippen LogP contribution in [0.3, 0.4) is 0 Å². The van der Waals surface area contributed by atoms with E-state index in [0.29, 0.717) is 18.8 Å². The van der Waals surface area contributed by atoms with Crippen LogP contribution < -0.4 is 5.32 Å². The molecule has 132 valence electrons. The lowest BCUT2D eigenvalue weighted by Gasteiger charge is -2.30. The van der Waals surface area contributed by atoms with E-state index in [1.54, 1.807) is 0 Å². The molecule has 1 aromatic carbocycles. The Morgan fingerprint density at radius 1 is 1.25 bits per heavy atom. The number of anilines is 1. The van der Waals surface area contributed by atoms with Gasteiger partial charge in [0.05, 0.1) is 11.0 Å². The summed E-state index contributed by atoms with van der Waals surface area (Å²) < 4.78 is 29.1. The van der Waals surface area contributed by atoms with Crippen molar-refractivity contribution in [3.63, 3.8) is 0 Å². The zero-order valence-corrected chi connectivity index (χ0v) is 15.0. The van der Waals surface area contributed by atoms with E-state index in [1.807, 2.05) is 13.1 Å². The van der Waals surface area contributed by atoms with Gasteiger partial charge in [-0.25, -0.2) is 13.8 Å². The topological polar surface area (TPSA) is 29.9 Å². The molecule has 1 saturated carbocycles. The molecule has 3 rings (SSSR count). The summed E-state index contributed by atoms with van der Waals surface area (Å²) in [5.74, 6) is -1.14. The standard InChI is InChI=1S/C19H27F2N3/c1-18(2,3)17-23-15-11-14(22-4)5-6-16(15)24(17)12-13-7-9-19(20,21)10-8-13/h5-6,11,13,22H,7-10,12H2,1-4H3. The van der Waals surface area contributed by atoms with Crippen LogP contribution in [0.15, 0.2) is 18.2 Å². The minimum absolute atomic E-state index is 0.0129. The second kappa shape index (κ2) is 6.01. The summed E-state index contributed by atoms with van der Waals surface area (Å²) in [6.07, 6.45) is 1.20. The van der Waals surface area contributed by atoms with E-state index in [-0.39, 0.29) is 18.3 Å². The Labute approximate surface area is 142 Å². The van der Waals surface area contributed by atoms with E-state index in [4.69, 9.17) is 4.98 Å². The molecule has 1 aromatic heterocycles. The predicted molar refractivity (Wildman–Crippen MR) is 94.9 cm³/mol. The number of aromatic nitrogens is 2. The Kier molecular flexibility index (Phi) is 4.30. The van der Waals surface area contributed by atoms with Crippen LogP contribution in [0.25, 0.3) is 11.0 Å². The van der Waals surface area contributed by atoms with Crippen molar-refractivity contribution < 1.29 is 8.78 Å². The molecule has 0 radical (unpaired) electrons. The fourth-order valence-corrected chi connectivity index (χ4v) is 3.58. The monoisotopic (exact) mass is 335 g/mol. The third kappa shape index (κ3) is 3.40. The maximum atomic E-state index is 13.4. The Morgan fingerprint density at radius 3 is 2.50 bits per heavy atom. The molecule has 0 bridgehead atoms. The van der Waals surface area contributed by atoms with Crippen LogP contribution in [-0.4, -0.2) is 22.5 Å². The third-order valence-corrected chi connectivity index (χ3v) is 4.99. The largest absolute Gasteiger partial charge is 0.388 e. The molecule has 0 unspecified atom stereocenters. The average Bonchev–Trinajstić information content (AvgIpc) is 2.87. The van der Waals surface area contributed by atoms with Gasteiger partial charge in [0.15, 0.2) is 0 Å². The van der Waals surface area contributed by atoms with Gasteiger partial charge in [-0.05, 0) is 37.0 Å². The van der Waals surface area contributed by atoms with Crippen LogP contribution in [0, 0.1) is 5.92 Å². The Hall–Kier alpha value is -1.65. The quantitative estimate of drug-likeness (QED) is 0.835. The lowest BCUT2D eigenvalue weighted by molar-refractivity contribution is -0.0473. The number of nitrogens with zero attached hydrogens (tertiary/aromatic N) is 2. The zero-order chi connectivity index (χ0) is 17.5. The Balaban J connectivity index is 1.96. The van der Waals surface area contributed by atoms with Crippen LogP contribution in [0.4, 0.5) is 14.5 Å². The summed E-state index contributed by atoms with van der Waals surface area (Å²) >= 11 is 0. The highest BCUT2D eigenvalue weighted by Gasteiger charge is 2.35. The van der Waals surface area contributed by atoms with Gasteiger partial charge in [0, 0.05) is 37.5 Å². The van der Waals surface area contributed by atoms with Crippen molar-refractivity contribution in [2.75, 3.05) is 12.4 Å². The number of imidazole rings is 1. The summed E-state index contributed by atoms with van der Waals surface area (Å²) in [6, 6.07) is 6.18. The number of nitrogens with one attached hydrogen (secondary N) is 1. The number of hydrogen-bond donors (Lipinski definition) is 1. The molecule has 0 spiro atoms. The van der Waals surface area contributed by atoms with Gasteiger partial charge in [0.1, 0.15) is 5.82 Å². The minimum atomic E-state index is -2.47. The van der Waals surface area contributed by atoms with Crippen LogP contribution >= 0.6 is 0 Å². The third-order valence-electron chi connectivity index (χ3n) is 4.99. The first kappa shape index (κ1) is 17.2. The minimum Gasteiger partial charge on any atom is -0.388 e. The van der Waals surface area contributed by atoms with Gasteiger partial charge in [0.2, 0.25) is 5.92 Å². The maximum absolute atomic E-state index is 13.4.